The molecule has 0 aromatic heterocycles. The highest BCUT2D eigenvalue weighted by molar-refractivity contribution is 14.1. The first-order valence-corrected chi connectivity index (χ1v) is 21.9. The van der Waals surface area contributed by atoms with Gasteiger partial charge in [0.15, 0.2) is 0 Å². The van der Waals surface area contributed by atoms with Gasteiger partial charge in [0.2, 0.25) is 5.79 Å². The van der Waals surface area contributed by atoms with Gasteiger partial charge in [0.05, 0.1) is 47.3 Å². The number of carbonyl (C=O) groups is 5. The summed E-state index contributed by atoms with van der Waals surface area (Å²) in [6.45, 7) is 13.1. The number of esters is 1. The zero-order valence-corrected chi connectivity index (χ0v) is 37.1. The summed E-state index contributed by atoms with van der Waals surface area (Å²) < 4.78 is 22.5. The molecule has 0 radical (unpaired) electrons. The number of halogens is 1. The molecule has 1 aliphatic carbocycles. The maximum absolute atomic E-state index is 14.4. The third-order valence-corrected chi connectivity index (χ3v) is 13.6. The number of piperidine rings is 1. The lowest BCUT2D eigenvalue weighted by Crippen LogP contribution is -2.63. The first kappa shape index (κ1) is 48.0. The predicted molar refractivity (Wildman–Crippen MR) is 227 cm³/mol. The number of amides is 1. The van der Waals surface area contributed by atoms with Gasteiger partial charge in [0.25, 0.3) is 11.7 Å². The van der Waals surface area contributed by atoms with Gasteiger partial charge in [0, 0.05) is 55.4 Å². The van der Waals surface area contributed by atoms with Gasteiger partial charge in [-0.15, -0.1) is 6.58 Å². The van der Waals surface area contributed by atoms with E-state index in [1.807, 2.05) is 56.6 Å². The number of cyclic esters (lactones) is 1. The van der Waals surface area contributed by atoms with Gasteiger partial charge in [-0.3, -0.25) is 9.59 Å². The number of ketones is 1. The summed E-state index contributed by atoms with van der Waals surface area (Å²) in [5.41, 5.74) is 2.42. The predicted octanol–water partition coefficient (Wildman–Crippen LogP) is 5.46. The van der Waals surface area contributed by atoms with Gasteiger partial charge >= 0.3 is 5.97 Å². The average molecular weight is 925 g/mol. The van der Waals surface area contributed by atoms with Crippen LogP contribution in [0.1, 0.15) is 105 Å². The standard InChI is InChI=1S/C44H65IN2O11/c1-8-11-31-17-25(2)16-26(3)18-32(23-48)40-33(24-49)20-28(5)44(55,58-40)41(52)42(53)47-15-10-9-12-35(47)43(54)57-39(29(6)37(51)22-34(31)46-45)27(4)19-30-13-14-36(50)38(21-30)56-7/h8,17,19,23-24,26,28-33,35-40,50-51,55H,1,9-16,18,20-22H2,2-7H3/b25-17+,27-19+,46-34-/t26-,28+,29+,30-,31+,32+,33+,35-,36+,37-,38+,39+,40+,44+/m0/s1. The van der Waals surface area contributed by atoms with Crippen LogP contribution >= 0.6 is 22.9 Å². The molecule has 58 heavy (non-hydrogen) atoms. The summed E-state index contributed by atoms with van der Waals surface area (Å²) in [4.78, 5) is 68.9. The molecule has 4 rings (SSSR count). The van der Waals surface area contributed by atoms with E-state index in [4.69, 9.17) is 14.2 Å². The molecular formula is C44H65IN2O11. The summed E-state index contributed by atoms with van der Waals surface area (Å²) in [6.07, 6.45) is 7.88. The summed E-state index contributed by atoms with van der Waals surface area (Å²) in [5, 5.41) is 34.3. The number of hydrogen-bond acceptors (Lipinski definition) is 12. The van der Waals surface area contributed by atoms with Gasteiger partial charge in [0.1, 0.15) is 24.7 Å². The van der Waals surface area contributed by atoms with E-state index in [2.05, 4.69) is 15.9 Å². The Hall–Kier alpha value is -2.63. The summed E-state index contributed by atoms with van der Waals surface area (Å²) in [6, 6.07) is -1.16. The molecule has 0 spiro atoms. The van der Waals surface area contributed by atoms with Crippen molar-refractivity contribution < 1.29 is 53.5 Å². The Labute approximate surface area is 357 Å². The third kappa shape index (κ3) is 11.4. The summed E-state index contributed by atoms with van der Waals surface area (Å²) in [7, 11) is 1.57. The quantitative estimate of drug-likeness (QED) is 0.0967. The maximum Gasteiger partial charge on any atom is 0.329 e. The Balaban J connectivity index is 1.81. The number of aliphatic hydroxyl groups excluding tert-OH is 2. The topological polar surface area (TPSA) is 189 Å². The molecule has 3 fully saturated rings. The Kier molecular flexibility index (Phi) is 18.0. The van der Waals surface area contributed by atoms with E-state index in [0.29, 0.717) is 63.1 Å². The first-order valence-electron chi connectivity index (χ1n) is 20.9. The van der Waals surface area contributed by atoms with Crippen molar-refractivity contribution in [1.29, 1.82) is 0 Å². The number of hydrogen-bond donors (Lipinski definition) is 3. The van der Waals surface area contributed by atoms with Crippen LogP contribution < -0.4 is 0 Å². The number of methoxy groups -OCH3 is 1. The van der Waals surface area contributed by atoms with Gasteiger partial charge in [-0.05, 0) is 95.5 Å². The minimum atomic E-state index is -2.65. The second-order valence-corrected chi connectivity index (χ2v) is 17.9. The van der Waals surface area contributed by atoms with E-state index >= 15 is 0 Å². The van der Waals surface area contributed by atoms with Gasteiger partial charge in [-0.1, -0.05) is 44.6 Å². The lowest BCUT2D eigenvalue weighted by Gasteiger charge is -2.45. The van der Waals surface area contributed by atoms with Gasteiger partial charge < -0.3 is 44.0 Å². The molecule has 13 nitrogen and oxygen atoms in total. The van der Waals surface area contributed by atoms with Crippen molar-refractivity contribution in [1.82, 2.24) is 4.90 Å². The Morgan fingerprint density at radius 3 is 2.36 bits per heavy atom. The van der Waals surface area contributed by atoms with Crippen LogP contribution in [0.15, 0.2) is 39.2 Å². The van der Waals surface area contributed by atoms with Crippen molar-refractivity contribution in [2.24, 2.45) is 44.6 Å². The number of fused-ring (bicyclic) bond motifs is 3. The van der Waals surface area contributed by atoms with Crippen molar-refractivity contribution in [2.45, 2.75) is 148 Å². The second-order valence-electron chi connectivity index (χ2n) is 17.4. The van der Waals surface area contributed by atoms with Crippen molar-refractivity contribution in [3.8, 4) is 0 Å². The lowest BCUT2D eigenvalue weighted by atomic mass is 9.75. The molecule has 2 bridgehead atoms. The number of allylic oxidation sites excluding steroid dienone is 4. The fourth-order valence-electron chi connectivity index (χ4n) is 9.57. The van der Waals surface area contributed by atoms with Crippen LogP contribution in [0.3, 0.4) is 0 Å². The van der Waals surface area contributed by atoms with Crippen LogP contribution in [0.4, 0.5) is 0 Å². The zero-order valence-electron chi connectivity index (χ0n) is 35.0. The number of aldehydes is 2. The van der Waals surface area contributed by atoms with Crippen molar-refractivity contribution in [3.63, 3.8) is 0 Å². The van der Waals surface area contributed by atoms with Gasteiger partial charge in [-0.2, -0.15) is 0 Å². The van der Waals surface area contributed by atoms with E-state index in [0.717, 1.165) is 16.2 Å². The smallest absolute Gasteiger partial charge is 0.329 e. The van der Waals surface area contributed by atoms with Crippen LogP contribution in [-0.2, 0) is 38.2 Å². The molecule has 0 aromatic carbocycles. The van der Waals surface area contributed by atoms with E-state index in [-0.39, 0.29) is 56.1 Å². The van der Waals surface area contributed by atoms with Crippen molar-refractivity contribution in [2.75, 3.05) is 13.7 Å². The van der Waals surface area contributed by atoms with E-state index in [9.17, 15) is 39.3 Å². The molecule has 14 atom stereocenters. The molecule has 324 valence electrons. The molecule has 3 heterocycles. The van der Waals surface area contributed by atoms with Crippen molar-refractivity contribution in [3.05, 3.63) is 36.0 Å². The molecule has 2 saturated heterocycles. The van der Waals surface area contributed by atoms with Crippen LogP contribution in [-0.4, -0.2) is 112 Å². The number of aliphatic hydroxyl groups is 3. The van der Waals surface area contributed by atoms with Crippen LogP contribution in [0.5, 0.6) is 0 Å². The van der Waals surface area contributed by atoms with E-state index < -0.39 is 77.6 Å². The largest absolute Gasteiger partial charge is 0.456 e. The van der Waals surface area contributed by atoms with E-state index in [1.165, 1.54) is 6.92 Å². The van der Waals surface area contributed by atoms with Crippen LogP contribution in [0, 0.1) is 41.4 Å². The minimum Gasteiger partial charge on any atom is -0.456 e. The fraction of sp³-hybridized carbons (Fsp3) is 0.727. The summed E-state index contributed by atoms with van der Waals surface area (Å²) >= 11 is 1.94. The molecule has 1 amide bonds. The Morgan fingerprint density at radius 2 is 1.72 bits per heavy atom. The first-order chi connectivity index (χ1) is 27.5. The monoisotopic (exact) mass is 924 g/mol. The number of ether oxygens (including phenoxy) is 3. The summed E-state index contributed by atoms with van der Waals surface area (Å²) in [5.74, 6) is -9.35. The SMILES string of the molecule is C=CC[C@@H]1/C=C(\C)C[C@H](C)C[C@H](C=O)[C@H]2O[C@@](O)(C(=O)C(=O)N3CCCC[C@H]3C(=O)O[C@H](/C(C)=C/[C@@H]3CC[C@@H](O)[C@H](OC)C3)[C@H](C)[C@@H](O)C/C1=N/I)[C@H](C)C[C@@H]2C=O. The zero-order chi connectivity index (χ0) is 42.9. The molecule has 0 aromatic rings. The highest BCUT2D eigenvalue weighted by Crippen LogP contribution is 2.41. The normalized spacial score (nSPS) is 41.0. The van der Waals surface area contributed by atoms with Crippen molar-refractivity contribution >= 4 is 58.8 Å². The molecular weight excluding hydrogens is 859 g/mol. The highest BCUT2D eigenvalue weighted by atomic mass is 127. The second kappa shape index (κ2) is 21.8. The molecule has 1 saturated carbocycles. The Morgan fingerprint density at radius 1 is 1.03 bits per heavy atom. The molecule has 3 N–H and O–H groups in total. The number of rotatable bonds is 7. The van der Waals surface area contributed by atoms with Crippen LogP contribution in [0.25, 0.3) is 0 Å². The molecule has 3 aliphatic heterocycles. The third-order valence-electron chi connectivity index (χ3n) is 12.9. The average Bonchev–Trinajstić information content (AvgIpc) is 3.20. The molecule has 14 heteroatoms. The minimum absolute atomic E-state index is 0.00513. The lowest BCUT2D eigenvalue weighted by molar-refractivity contribution is -0.278. The number of Topliss-reactive ketones (excluding diaryl/α,β-unsaturated/α-hetero) is 1. The van der Waals surface area contributed by atoms with E-state index in [1.54, 1.807) is 13.2 Å². The molecule has 0 unspecified atom stereocenters. The van der Waals surface area contributed by atoms with Crippen LogP contribution in [0.2, 0.25) is 0 Å². The number of nitrogens with zero attached hydrogens (tertiary/aromatic N) is 2. The van der Waals surface area contributed by atoms with Gasteiger partial charge in [-0.25, -0.2) is 8.00 Å². The molecule has 4 aliphatic rings. The fourth-order valence-corrected chi connectivity index (χ4v) is 10.1. The number of carbonyl (C=O) groups excluding carboxylic acids is 5. The maximum atomic E-state index is 14.4. The Bertz CT molecular complexity index is 1580. The highest BCUT2D eigenvalue weighted by Gasteiger charge is 2.56.